The highest BCUT2D eigenvalue weighted by Crippen LogP contribution is 2.48. The molecule has 1 atom stereocenters. The second-order valence-electron chi connectivity index (χ2n) is 4.34. The van der Waals surface area contributed by atoms with Crippen LogP contribution in [-0.2, 0) is 9.53 Å². The van der Waals surface area contributed by atoms with E-state index in [1.807, 2.05) is 55.5 Å². The Bertz CT molecular complexity index is 639. The van der Waals surface area contributed by atoms with Gasteiger partial charge in [-0.05, 0) is 25.1 Å². The molecule has 1 heterocycles. The summed E-state index contributed by atoms with van der Waals surface area (Å²) in [7, 11) is 0. The van der Waals surface area contributed by atoms with E-state index in [0.29, 0.717) is 12.4 Å². The van der Waals surface area contributed by atoms with Crippen molar-refractivity contribution >= 4 is 17.7 Å². The molecule has 102 valence electrons. The van der Waals surface area contributed by atoms with Crippen LogP contribution in [0.15, 0.2) is 53.4 Å². The van der Waals surface area contributed by atoms with E-state index in [-0.39, 0.29) is 5.97 Å². The smallest absolute Gasteiger partial charge is 0.324 e. The lowest BCUT2D eigenvalue weighted by Gasteiger charge is -2.14. The summed E-state index contributed by atoms with van der Waals surface area (Å²) in [5, 5.41) is -0.394. The average Bonchev–Trinajstić information content (AvgIpc) is 2.64. The predicted molar refractivity (Wildman–Crippen MR) is 78.2 cm³/mol. The number of benzene rings is 2. The summed E-state index contributed by atoms with van der Waals surface area (Å²) in [6.45, 7) is 2.19. The van der Waals surface area contributed by atoms with Crippen molar-refractivity contribution in [1.29, 1.82) is 0 Å². The molecule has 1 aliphatic heterocycles. The number of thioether (sulfide) groups is 1. The van der Waals surface area contributed by atoms with Gasteiger partial charge in [0.2, 0.25) is 0 Å². The Balaban J connectivity index is 2.08. The maximum atomic E-state index is 12.2. The molecule has 0 N–H and O–H groups in total. The summed E-state index contributed by atoms with van der Waals surface area (Å²) >= 11 is 1.47. The lowest BCUT2D eigenvalue weighted by Crippen LogP contribution is -2.13. The van der Waals surface area contributed by atoms with Crippen molar-refractivity contribution in [2.45, 2.75) is 17.1 Å². The van der Waals surface area contributed by atoms with Crippen LogP contribution >= 0.6 is 11.8 Å². The molecular weight excluding hydrogens is 272 g/mol. The molecule has 20 heavy (non-hydrogen) atoms. The highest BCUT2D eigenvalue weighted by molar-refractivity contribution is 8.00. The normalized spacial score (nSPS) is 16.4. The van der Waals surface area contributed by atoms with Crippen molar-refractivity contribution in [3.8, 4) is 11.5 Å². The lowest BCUT2D eigenvalue weighted by molar-refractivity contribution is -0.142. The van der Waals surface area contributed by atoms with Gasteiger partial charge in [0, 0.05) is 5.56 Å². The number of carbonyl (C=O) groups excluding carboxylic acids is 1. The minimum atomic E-state index is -0.394. The zero-order chi connectivity index (χ0) is 13.9. The largest absolute Gasteiger partial charge is 0.465 e. The van der Waals surface area contributed by atoms with Crippen LogP contribution in [0.5, 0.6) is 11.5 Å². The van der Waals surface area contributed by atoms with Crippen molar-refractivity contribution in [3.63, 3.8) is 0 Å². The van der Waals surface area contributed by atoms with Gasteiger partial charge in [-0.2, -0.15) is 0 Å². The Morgan fingerprint density at radius 3 is 2.65 bits per heavy atom. The third-order valence-corrected chi connectivity index (χ3v) is 4.29. The average molecular weight is 286 g/mol. The van der Waals surface area contributed by atoms with Gasteiger partial charge in [0.15, 0.2) is 0 Å². The fourth-order valence-electron chi connectivity index (χ4n) is 2.12. The molecule has 3 nitrogen and oxygen atoms in total. The zero-order valence-electron chi connectivity index (χ0n) is 11.0. The van der Waals surface area contributed by atoms with Gasteiger partial charge >= 0.3 is 5.97 Å². The van der Waals surface area contributed by atoms with Crippen LogP contribution < -0.4 is 4.74 Å². The maximum Gasteiger partial charge on any atom is 0.324 e. The summed E-state index contributed by atoms with van der Waals surface area (Å²) in [6.07, 6.45) is 0. The molecule has 0 amide bonds. The predicted octanol–water partition coefficient (Wildman–Crippen LogP) is 4.19. The molecule has 0 spiro atoms. The summed E-state index contributed by atoms with van der Waals surface area (Å²) in [5.41, 5.74) is 0.854. The second-order valence-corrected chi connectivity index (χ2v) is 5.48. The monoisotopic (exact) mass is 286 g/mol. The quantitative estimate of drug-likeness (QED) is 0.775. The molecule has 2 aromatic rings. The molecule has 4 heteroatoms. The molecule has 0 saturated carbocycles. The number of fused-ring (bicyclic) bond motifs is 2. The van der Waals surface area contributed by atoms with Crippen LogP contribution in [0.2, 0.25) is 0 Å². The summed E-state index contributed by atoms with van der Waals surface area (Å²) in [5.74, 6) is 1.25. The van der Waals surface area contributed by atoms with Crippen molar-refractivity contribution in [1.82, 2.24) is 0 Å². The van der Waals surface area contributed by atoms with Gasteiger partial charge in [-0.25, -0.2) is 0 Å². The van der Waals surface area contributed by atoms with E-state index in [2.05, 4.69) is 0 Å². The Hall–Kier alpha value is -1.94. The van der Waals surface area contributed by atoms with Gasteiger partial charge < -0.3 is 9.47 Å². The summed E-state index contributed by atoms with van der Waals surface area (Å²) in [6, 6.07) is 15.3. The van der Waals surface area contributed by atoms with Gasteiger partial charge in [-0.1, -0.05) is 30.3 Å². The fraction of sp³-hybridized carbons (Fsp3) is 0.188. The highest BCUT2D eigenvalue weighted by Gasteiger charge is 2.30. The first-order valence-corrected chi connectivity index (χ1v) is 7.36. The van der Waals surface area contributed by atoms with Crippen LogP contribution in [0.4, 0.5) is 0 Å². The second kappa shape index (κ2) is 5.59. The van der Waals surface area contributed by atoms with E-state index in [9.17, 15) is 4.79 Å². The molecule has 2 aromatic carbocycles. The van der Waals surface area contributed by atoms with Crippen LogP contribution in [0.3, 0.4) is 0 Å². The van der Waals surface area contributed by atoms with Gasteiger partial charge in [0.1, 0.15) is 16.7 Å². The topological polar surface area (TPSA) is 35.5 Å². The molecule has 0 unspecified atom stereocenters. The van der Waals surface area contributed by atoms with E-state index in [4.69, 9.17) is 9.47 Å². The number of carbonyl (C=O) groups is 1. The summed E-state index contributed by atoms with van der Waals surface area (Å²) < 4.78 is 11.1. The SMILES string of the molecule is CCOC(=O)[C@H]1Sc2ccccc2Oc2ccccc21. The van der Waals surface area contributed by atoms with E-state index < -0.39 is 5.25 Å². The first-order chi connectivity index (χ1) is 9.79. The highest BCUT2D eigenvalue weighted by atomic mass is 32.2. The Kier molecular flexibility index (Phi) is 3.65. The zero-order valence-corrected chi connectivity index (χ0v) is 11.9. The van der Waals surface area contributed by atoms with Crippen molar-refractivity contribution in [2.75, 3.05) is 6.61 Å². The summed E-state index contributed by atoms with van der Waals surface area (Å²) in [4.78, 5) is 13.2. The molecule has 3 rings (SSSR count). The third kappa shape index (κ3) is 2.39. The first kappa shape index (κ1) is 13.1. The van der Waals surface area contributed by atoms with E-state index in [0.717, 1.165) is 16.2 Å². The number of hydrogen-bond donors (Lipinski definition) is 0. The molecule has 0 aromatic heterocycles. The molecular formula is C16H14O3S. The first-order valence-electron chi connectivity index (χ1n) is 6.48. The van der Waals surface area contributed by atoms with Crippen LogP contribution in [0, 0.1) is 0 Å². The fourth-order valence-corrected chi connectivity index (χ4v) is 3.25. The van der Waals surface area contributed by atoms with Gasteiger partial charge in [-0.3, -0.25) is 4.79 Å². The molecule has 0 bridgehead atoms. The van der Waals surface area contributed by atoms with Gasteiger partial charge in [0.05, 0.1) is 11.5 Å². The maximum absolute atomic E-state index is 12.2. The Morgan fingerprint density at radius 2 is 1.85 bits per heavy atom. The minimum Gasteiger partial charge on any atom is -0.465 e. The minimum absolute atomic E-state index is 0.231. The number of rotatable bonds is 2. The van der Waals surface area contributed by atoms with E-state index in [1.54, 1.807) is 0 Å². The molecule has 0 radical (unpaired) electrons. The van der Waals surface area contributed by atoms with Crippen LogP contribution in [-0.4, -0.2) is 12.6 Å². The lowest BCUT2D eigenvalue weighted by atomic mass is 10.1. The van der Waals surface area contributed by atoms with Crippen LogP contribution in [0.1, 0.15) is 17.7 Å². The van der Waals surface area contributed by atoms with Crippen molar-refractivity contribution < 1.29 is 14.3 Å². The molecule has 0 saturated heterocycles. The van der Waals surface area contributed by atoms with E-state index in [1.165, 1.54) is 11.8 Å². The van der Waals surface area contributed by atoms with Gasteiger partial charge in [0.25, 0.3) is 0 Å². The van der Waals surface area contributed by atoms with Crippen LogP contribution in [0.25, 0.3) is 0 Å². The number of hydrogen-bond acceptors (Lipinski definition) is 4. The Morgan fingerprint density at radius 1 is 1.15 bits per heavy atom. The van der Waals surface area contributed by atoms with Gasteiger partial charge in [-0.15, -0.1) is 11.8 Å². The molecule has 1 aliphatic rings. The number of ether oxygens (including phenoxy) is 2. The number of para-hydroxylation sites is 2. The van der Waals surface area contributed by atoms with Crippen molar-refractivity contribution in [2.24, 2.45) is 0 Å². The number of esters is 1. The van der Waals surface area contributed by atoms with E-state index >= 15 is 0 Å². The Labute approximate surface area is 121 Å². The molecule has 0 aliphatic carbocycles. The standard InChI is InChI=1S/C16H14O3S/c1-2-18-16(17)15-11-7-3-4-8-12(11)19-13-9-5-6-10-14(13)20-15/h3-10,15H,2H2,1H3/t15-/m0/s1. The van der Waals surface area contributed by atoms with Crippen molar-refractivity contribution in [3.05, 3.63) is 54.1 Å². The third-order valence-electron chi connectivity index (χ3n) is 3.02. The molecule has 0 fully saturated rings.